The Hall–Kier alpha value is -4.00. The zero-order valence-electron chi connectivity index (χ0n) is 19.9. The van der Waals surface area contributed by atoms with Crippen LogP contribution in [-0.2, 0) is 9.53 Å². The summed E-state index contributed by atoms with van der Waals surface area (Å²) in [5.41, 5.74) is 1.52. The van der Waals surface area contributed by atoms with Gasteiger partial charge in [0.15, 0.2) is 40.9 Å². The third-order valence-corrected chi connectivity index (χ3v) is 5.98. The van der Waals surface area contributed by atoms with Crippen LogP contribution in [0.1, 0.15) is 13.2 Å². The lowest BCUT2D eigenvalue weighted by Gasteiger charge is -2.16. The van der Waals surface area contributed by atoms with Gasteiger partial charge in [0.25, 0.3) is 5.91 Å². The molecule has 0 spiro atoms. The molecular formula is C24H26N6O6. The maximum atomic E-state index is 12.3. The molecule has 12 heteroatoms. The van der Waals surface area contributed by atoms with Gasteiger partial charge in [0.2, 0.25) is 0 Å². The number of aromatic nitrogens is 4. The number of nitrogens with one attached hydrogen (secondary N) is 2. The van der Waals surface area contributed by atoms with Crippen molar-refractivity contribution in [2.75, 3.05) is 26.0 Å². The summed E-state index contributed by atoms with van der Waals surface area (Å²) >= 11 is 0. The van der Waals surface area contributed by atoms with Crippen LogP contribution in [-0.4, -0.2) is 74.7 Å². The molecule has 0 bridgehead atoms. The molecule has 0 unspecified atom stereocenters. The molecule has 1 aromatic carbocycles. The number of rotatable bonds is 7. The lowest BCUT2D eigenvalue weighted by Crippen LogP contribution is -2.42. The van der Waals surface area contributed by atoms with E-state index < -0.39 is 30.4 Å². The van der Waals surface area contributed by atoms with Gasteiger partial charge in [-0.2, -0.15) is 0 Å². The number of methoxy groups -OCH3 is 1. The quantitative estimate of drug-likeness (QED) is 0.297. The second-order valence-electron chi connectivity index (χ2n) is 8.16. The Morgan fingerprint density at radius 2 is 1.92 bits per heavy atom. The molecule has 36 heavy (non-hydrogen) atoms. The van der Waals surface area contributed by atoms with Gasteiger partial charge >= 0.3 is 0 Å². The number of anilines is 1. The maximum Gasteiger partial charge on any atom is 0.252 e. The summed E-state index contributed by atoms with van der Waals surface area (Å²) in [6.07, 6.45) is -3.70. The molecule has 4 N–H and O–H groups in total. The van der Waals surface area contributed by atoms with Crippen molar-refractivity contribution in [3.63, 3.8) is 0 Å². The fourth-order valence-corrected chi connectivity index (χ4v) is 4.22. The van der Waals surface area contributed by atoms with E-state index in [-0.39, 0.29) is 5.82 Å². The number of fused-ring (bicyclic) bond motifs is 1. The minimum Gasteiger partial charge on any atom is -0.496 e. The molecule has 5 rings (SSSR count). The molecule has 188 valence electrons. The van der Waals surface area contributed by atoms with Gasteiger partial charge in [-0.15, -0.1) is 0 Å². The summed E-state index contributed by atoms with van der Waals surface area (Å²) in [4.78, 5) is 25.8. The molecule has 3 aromatic heterocycles. The minimum atomic E-state index is -1.42. The predicted molar refractivity (Wildman–Crippen MR) is 129 cm³/mol. The Kier molecular flexibility index (Phi) is 6.31. The first-order valence-electron chi connectivity index (χ1n) is 11.4. The summed E-state index contributed by atoms with van der Waals surface area (Å²) in [5, 5.41) is 26.7. The number of ether oxygens (including phenoxy) is 2. The fourth-order valence-electron chi connectivity index (χ4n) is 4.22. The molecule has 1 saturated heterocycles. The highest BCUT2D eigenvalue weighted by molar-refractivity contribution is 5.85. The van der Waals surface area contributed by atoms with Crippen molar-refractivity contribution in [1.29, 1.82) is 0 Å². The molecule has 1 fully saturated rings. The van der Waals surface area contributed by atoms with E-state index in [1.54, 1.807) is 33.2 Å². The summed E-state index contributed by atoms with van der Waals surface area (Å²) in [5.74, 6) is 1.82. The first-order valence-corrected chi connectivity index (χ1v) is 11.4. The predicted octanol–water partition coefficient (Wildman–Crippen LogP) is 1.56. The van der Waals surface area contributed by atoms with Crippen molar-refractivity contribution in [2.45, 2.75) is 31.5 Å². The lowest BCUT2D eigenvalue weighted by molar-refractivity contribution is -0.137. The molecule has 0 saturated carbocycles. The van der Waals surface area contributed by atoms with Gasteiger partial charge in [-0.3, -0.25) is 9.36 Å². The zero-order valence-corrected chi connectivity index (χ0v) is 19.9. The standard InChI is InChI=1S/C24H26N6O6/c1-4-26-23(33)19-17(31)18(32)24(36-19)30-11-27-16-21(25-2)28-20(29-22(16)30)15-10-9-14(35-15)12-7-5-6-8-13(12)34-3/h5-11,17-19,24,31-32H,4H2,1-3H3,(H,26,33)(H,25,28,29)/t17-,18+,19-,24+/m0/s1. The van der Waals surface area contributed by atoms with E-state index in [9.17, 15) is 15.0 Å². The van der Waals surface area contributed by atoms with Crippen LogP contribution in [0.5, 0.6) is 5.75 Å². The number of furan rings is 1. The van der Waals surface area contributed by atoms with Gasteiger partial charge in [-0.1, -0.05) is 12.1 Å². The number of amides is 1. The zero-order chi connectivity index (χ0) is 25.4. The van der Waals surface area contributed by atoms with Crippen LogP contribution < -0.4 is 15.4 Å². The van der Waals surface area contributed by atoms with Crippen LogP contribution in [0, 0.1) is 0 Å². The van der Waals surface area contributed by atoms with Crippen molar-refractivity contribution in [2.24, 2.45) is 0 Å². The number of benzene rings is 1. The Balaban J connectivity index is 1.54. The van der Waals surface area contributed by atoms with Crippen LogP contribution in [0.3, 0.4) is 0 Å². The van der Waals surface area contributed by atoms with Gasteiger partial charge in [0, 0.05) is 13.6 Å². The lowest BCUT2D eigenvalue weighted by atomic mass is 10.1. The molecule has 4 aromatic rings. The monoisotopic (exact) mass is 494 g/mol. The average Bonchev–Trinajstić information content (AvgIpc) is 3.62. The summed E-state index contributed by atoms with van der Waals surface area (Å²) in [6.45, 7) is 2.12. The topological polar surface area (TPSA) is 157 Å². The van der Waals surface area contributed by atoms with E-state index in [2.05, 4.69) is 25.6 Å². The van der Waals surface area contributed by atoms with E-state index in [1.165, 1.54) is 10.9 Å². The second-order valence-corrected chi connectivity index (χ2v) is 8.16. The fraction of sp³-hybridized carbons (Fsp3) is 0.333. The number of nitrogens with zero attached hydrogens (tertiary/aromatic N) is 4. The largest absolute Gasteiger partial charge is 0.496 e. The smallest absolute Gasteiger partial charge is 0.252 e. The van der Waals surface area contributed by atoms with E-state index in [0.717, 1.165) is 5.56 Å². The van der Waals surface area contributed by atoms with Gasteiger partial charge < -0.3 is 34.7 Å². The van der Waals surface area contributed by atoms with Crippen LogP contribution in [0.2, 0.25) is 0 Å². The van der Waals surface area contributed by atoms with E-state index >= 15 is 0 Å². The molecule has 4 heterocycles. The van der Waals surface area contributed by atoms with E-state index in [4.69, 9.17) is 13.9 Å². The molecule has 0 radical (unpaired) electrons. The number of carbonyl (C=O) groups excluding carboxylic acids is 1. The Bertz CT molecular complexity index is 1400. The average molecular weight is 495 g/mol. The number of aliphatic hydroxyl groups is 2. The van der Waals surface area contributed by atoms with Crippen molar-refractivity contribution in [3.05, 3.63) is 42.7 Å². The van der Waals surface area contributed by atoms with Crippen LogP contribution in [0.15, 0.2) is 47.1 Å². The Morgan fingerprint density at radius 1 is 1.14 bits per heavy atom. The summed E-state index contributed by atoms with van der Waals surface area (Å²) < 4.78 is 18.7. The number of aliphatic hydroxyl groups excluding tert-OH is 2. The van der Waals surface area contributed by atoms with Gasteiger partial charge in [-0.05, 0) is 31.2 Å². The minimum absolute atomic E-state index is 0.267. The molecule has 1 aliphatic heterocycles. The van der Waals surface area contributed by atoms with Gasteiger partial charge in [-0.25, -0.2) is 15.0 Å². The number of likely N-dealkylation sites (N-methyl/N-ethyl adjacent to an activating group) is 1. The van der Waals surface area contributed by atoms with Crippen molar-refractivity contribution >= 4 is 22.9 Å². The molecule has 0 aliphatic carbocycles. The number of carbonyl (C=O) groups is 1. The SMILES string of the molecule is CCNC(=O)[C@H]1O[C@@H](n2cnc3c(NC)nc(-c4ccc(-c5ccccc5OC)o4)nc32)[C@H](O)[C@@H]1O. The van der Waals surface area contributed by atoms with Crippen LogP contribution in [0.25, 0.3) is 34.1 Å². The third-order valence-electron chi connectivity index (χ3n) is 5.98. The van der Waals surface area contributed by atoms with Gasteiger partial charge in [0.05, 0.1) is 19.0 Å². The second kappa shape index (κ2) is 9.57. The van der Waals surface area contributed by atoms with E-state index in [0.29, 0.717) is 40.8 Å². The Labute approximate surface area is 205 Å². The van der Waals surface area contributed by atoms with Crippen molar-refractivity contribution in [1.82, 2.24) is 24.8 Å². The Morgan fingerprint density at radius 3 is 2.67 bits per heavy atom. The van der Waals surface area contributed by atoms with E-state index in [1.807, 2.05) is 24.3 Å². The highest BCUT2D eigenvalue weighted by Gasteiger charge is 2.47. The number of hydrogen-bond donors (Lipinski definition) is 4. The highest BCUT2D eigenvalue weighted by Crippen LogP contribution is 2.36. The molecule has 1 amide bonds. The first-order chi connectivity index (χ1) is 17.5. The third kappa shape index (κ3) is 3.94. The normalized spacial score (nSPS) is 21.6. The number of para-hydroxylation sites is 1. The van der Waals surface area contributed by atoms with Crippen LogP contribution in [0.4, 0.5) is 5.82 Å². The number of hydrogen-bond acceptors (Lipinski definition) is 10. The number of imidazole rings is 1. The first kappa shape index (κ1) is 23.7. The maximum absolute atomic E-state index is 12.3. The van der Waals surface area contributed by atoms with Crippen molar-refractivity contribution in [3.8, 4) is 28.7 Å². The highest BCUT2D eigenvalue weighted by atomic mass is 16.6. The van der Waals surface area contributed by atoms with Crippen LogP contribution >= 0.6 is 0 Å². The summed E-state index contributed by atoms with van der Waals surface area (Å²) in [6, 6.07) is 11.0. The van der Waals surface area contributed by atoms with Crippen molar-refractivity contribution < 1.29 is 28.9 Å². The molecule has 4 atom stereocenters. The molecule has 1 aliphatic rings. The molecular weight excluding hydrogens is 468 g/mol. The van der Waals surface area contributed by atoms with Gasteiger partial charge in [0.1, 0.15) is 23.7 Å². The molecule has 12 nitrogen and oxygen atoms in total. The summed E-state index contributed by atoms with van der Waals surface area (Å²) in [7, 11) is 3.29.